The third kappa shape index (κ3) is 3.83. The first-order valence-electron chi connectivity index (χ1n) is 7.41. The molecule has 2 fully saturated rings. The van der Waals surface area contributed by atoms with Crippen molar-refractivity contribution in [3.05, 3.63) is 12.7 Å². The molecular formula is C15H22N2O4. The smallest absolute Gasteiger partial charge is 0.325 e. The van der Waals surface area contributed by atoms with Crippen molar-refractivity contribution in [2.24, 2.45) is 5.92 Å². The Kier molecular flexibility index (Phi) is 4.98. The molecule has 2 rings (SSSR count). The van der Waals surface area contributed by atoms with Crippen molar-refractivity contribution in [3.8, 4) is 0 Å². The molecule has 116 valence electrons. The fourth-order valence-electron chi connectivity index (χ4n) is 2.65. The minimum absolute atomic E-state index is 0.0468. The second-order valence-electron chi connectivity index (χ2n) is 5.49. The Morgan fingerprint density at radius 1 is 1.48 bits per heavy atom. The number of hydrogen-bond acceptors (Lipinski definition) is 4. The molecule has 0 aromatic rings. The minimum atomic E-state index is -0.434. The summed E-state index contributed by atoms with van der Waals surface area (Å²) < 4.78 is 4.88. The first-order valence-corrected chi connectivity index (χ1v) is 7.41. The zero-order chi connectivity index (χ0) is 15.4. The van der Waals surface area contributed by atoms with Gasteiger partial charge in [-0.1, -0.05) is 6.08 Å². The van der Waals surface area contributed by atoms with Crippen LogP contribution in [-0.2, 0) is 19.1 Å². The van der Waals surface area contributed by atoms with Gasteiger partial charge in [-0.15, -0.1) is 6.58 Å². The summed E-state index contributed by atoms with van der Waals surface area (Å²) in [6, 6.07) is 0.327. The van der Waals surface area contributed by atoms with Crippen LogP contribution in [0.25, 0.3) is 0 Å². The Morgan fingerprint density at radius 2 is 2.19 bits per heavy atom. The van der Waals surface area contributed by atoms with Gasteiger partial charge in [-0.2, -0.15) is 0 Å². The minimum Gasteiger partial charge on any atom is -0.465 e. The summed E-state index contributed by atoms with van der Waals surface area (Å²) in [6.45, 7) is 6.28. The molecule has 1 aliphatic carbocycles. The van der Waals surface area contributed by atoms with Crippen LogP contribution in [-0.4, -0.2) is 59.9 Å². The third-order valence-corrected chi connectivity index (χ3v) is 3.78. The van der Waals surface area contributed by atoms with Gasteiger partial charge >= 0.3 is 5.97 Å². The predicted octanol–water partition coefficient (Wildman–Crippen LogP) is 0.575. The molecule has 1 saturated carbocycles. The van der Waals surface area contributed by atoms with E-state index in [9.17, 15) is 14.4 Å². The Bertz CT molecular complexity index is 445. The SMILES string of the molecule is C=CCN(CC(=O)OCC)C(=O)C1CC(=O)N(C2CC2)C1. The van der Waals surface area contributed by atoms with E-state index in [2.05, 4.69) is 6.58 Å². The average Bonchev–Trinajstić information content (AvgIpc) is 3.21. The standard InChI is InChI=1S/C15H22N2O4/c1-3-7-16(10-14(19)21-4-2)15(20)11-8-13(18)17(9-11)12-5-6-12/h3,11-12H,1,4-10H2,2H3. The zero-order valence-electron chi connectivity index (χ0n) is 12.4. The maximum Gasteiger partial charge on any atom is 0.325 e. The van der Waals surface area contributed by atoms with Crippen LogP contribution in [0, 0.1) is 5.92 Å². The fraction of sp³-hybridized carbons (Fsp3) is 0.667. The van der Waals surface area contributed by atoms with Gasteiger partial charge in [0, 0.05) is 25.6 Å². The van der Waals surface area contributed by atoms with Crippen LogP contribution < -0.4 is 0 Å². The largest absolute Gasteiger partial charge is 0.465 e. The maximum atomic E-state index is 12.5. The molecule has 2 aliphatic rings. The highest BCUT2D eigenvalue weighted by Crippen LogP contribution is 2.33. The molecule has 6 nitrogen and oxygen atoms in total. The van der Waals surface area contributed by atoms with Crippen LogP contribution in [0.5, 0.6) is 0 Å². The lowest BCUT2D eigenvalue weighted by Crippen LogP contribution is -2.41. The normalized spacial score (nSPS) is 21.3. The fourth-order valence-corrected chi connectivity index (χ4v) is 2.65. The maximum absolute atomic E-state index is 12.5. The van der Waals surface area contributed by atoms with Gasteiger partial charge in [-0.25, -0.2) is 0 Å². The molecular weight excluding hydrogens is 272 g/mol. The summed E-state index contributed by atoms with van der Waals surface area (Å²) in [5.74, 6) is -0.909. The molecule has 1 atom stereocenters. The Labute approximate surface area is 124 Å². The summed E-state index contributed by atoms with van der Waals surface area (Å²) in [6.07, 6.45) is 3.88. The van der Waals surface area contributed by atoms with Gasteiger partial charge < -0.3 is 14.5 Å². The summed E-state index contributed by atoms with van der Waals surface area (Å²) in [4.78, 5) is 39.2. The summed E-state index contributed by atoms with van der Waals surface area (Å²) >= 11 is 0. The topological polar surface area (TPSA) is 66.9 Å². The van der Waals surface area contributed by atoms with Crippen LogP contribution in [0.4, 0.5) is 0 Å². The lowest BCUT2D eigenvalue weighted by molar-refractivity contribution is -0.149. The van der Waals surface area contributed by atoms with E-state index in [1.807, 2.05) is 0 Å². The second-order valence-corrected chi connectivity index (χ2v) is 5.49. The molecule has 0 bridgehead atoms. The van der Waals surface area contributed by atoms with Gasteiger partial charge in [0.1, 0.15) is 6.54 Å². The average molecular weight is 294 g/mol. The number of nitrogens with zero attached hydrogens (tertiary/aromatic N) is 2. The van der Waals surface area contributed by atoms with E-state index in [-0.39, 0.29) is 43.8 Å². The molecule has 1 aliphatic heterocycles. The second kappa shape index (κ2) is 6.74. The monoisotopic (exact) mass is 294 g/mol. The number of carbonyl (C=O) groups is 3. The molecule has 0 radical (unpaired) electrons. The van der Waals surface area contributed by atoms with E-state index in [0.717, 1.165) is 12.8 Å². The molecule has 0 aromatic carbocycles. The van der Waals surface area contributed by atoms with Gasteiger partial charge in [-0.05, 0) is 19.8 Å². The molecule has 0 spiro atoms. The van der Waals surface area contributed by atoms with Crippen LogP contribution in [0.1, 0.15) is 26.2 Å². The number of hydrogen-bond donors (Lipinski definition) is 0. The van der Waals surface area contributed by atoms with Gasteiger partial charge in [-0.3, -0.25) is 14.4 Å². The molecule has 2 amide bonds. The van der Waals surface area contributed by atoms with Gasteiger partial charge in [0.25, 0.3) is 0 Å². The molecule has 0 N–H and O–H groups in total. The van der Waals surface area contributed by atoms with Gasteiger partial charge in [0.15, 0.2) is 0 Å². The Hall–Kier alpha value is -1.85. The highest BCUT2D eigenvalue weighted by Gasteiger charge is 2.42. The van der Waals surface area contributed by atoms with Crippen molar-refractivity contribution in [1.29, 1.82) is 0 Å². The zero-order valence-corrected chi connectivity index (χ0v) is 12.4. The number of likely N-dealkylation sites (tertiary alicyclic amines) is 1. The van der Waals surface area contributed by atoms with E-state index in [1.165, 1.54) is 4.90 Å². The van der Waals surface area contributed by atoms with Crippen LogP contribution in [0.15, 0.2) is 12.7 Å². The van der Waals surface area contributed by atoms with Crippen molar-refractivity contribution < 1.29 is 19.1 Å². The third-order valence-electron chi connectivity index (χ3n) is 3.78. The summed E-state index contributed by atoms with van der Waals surface area (Å²) in [7, 11) is 0. The van der Waals surface area contributed by atoms with Crippen LogP contribution in [0.3, 0.4) is 0 Å². The highest BCUT2D eigenvalue weighted by atomic mass is 16.5. The number of carbonyl (C=O) groups excluding carboxylic acids is 3. The molecule has 21 heavy (non-hydrogen) atoms. The molecule has 1 heterocycles. The molecule has 1 saturated heterocycles. The Balaban J connectivity index is 1.96. The van der Waals surface area contributed by atoms with E-state index in [1.54, 1.807) is 17.9 Å². The highest BCUT2D eigenvalue weighted by molar-refractivity contribution is 5.91. The molecule has 6 heteroatoms. The number of esters is 1. The van der Waals surface area contributed by atoms with Gasteiger partial charge in [0.2, 0.25) is 11.8 Å². The summed E-state index contributed by atoms with van der Waals surface area (Å²) in [5.41, 5.74) is 0. The van der Waals surface area contributed by atoms with E-state index >= 15 is 0 Å². The van der Waals surface area contributed by atoms with Crippen molar-refractivity contribution in [3.63, 3.8) is 0 Å². The first kappa shape index (κ1) is 15.5. The quantitative estimate of drug-likeness (QED) is 0.509. The van der Waals surface area contributed by atoms with Crippen molar-refractivity contribution in [1.82, 2.24) is 9.80 Å². The van der Waals surface area contributed by atoms with E-state index in [0.29, 0.717) is 12.6 Å². The van der Waals surface area contributed by atoms with Crippen LogP contribution >= 0.6 is 0 Å². The van der Waals surface area contributed by atoms with Crippen molar-refractivity contribution in [2.75, 3.05) is 26.2 Å². The molecule has 1 unspecified atom stereocenters. The van der Waals surface area contributed by atoms with Crippen LogP contribution in [0.2, 0.25) is 0 Å². The van der Waals surface area contributed by atoms with Gasteiger partial charge in [0.05, 0.1) is 12.5 Å². The van der Waals surface area contributed by atoms with Crippen molar-refractivity contribution >= 4 is 17.8 Å². The molecule has 0 aromatic heterocycles. The summed E-state index contributed by atoms with van der Waals surface area (Å²) in [5, 5.41) is 0. The number of rotatable bonds is 7. The Morgan fingerprint density at radius 3 is 2.76 bits per heavy atom. The predicted molar refractivity (Wildman–Crippen MR) is 76.3 cm³/mol. The number of amides is 2. The lowest BCUT2D eigenvalue weighted by atomic mass is 10.1. The van der Waals surface area contributed by atoms with Crippen molar-refractivity contribution in [2.45, 2.75) is 32.2 Å². The van der Waals surface area contributed by atoms with E-state index < -0.39 is 5.97 Å². The van der Waals surface area contributed by atoms with E-state index in [4.69, 9.17) is 4.74 Å². The number of ether oxygens (including phenoxy) is 1. The lowest BCUT2D eigenvalue weighted by Gasteiger charge is -2.23. The first-order chi connectivity index (χ1) is 10.1.